The van der Waals surface area contributed by atoms with E-state index in [0.29, 0.717) is 22.9 Å². The van der Waals surface area contributed by atoms with E-state index in [1.807, 2.05) is 6.92 Å². The Morgan fingerprint density at radius 3 is 2.58 bits per heavy atom. The molecule has 1 aromatic carbocycles. The fourth-order valence-corrected chi connectivity index (χ4v) is 2.15. The lowest BCUT2D eigenvalue weighted by atomic mass is 10.1. The van der Waals surface area contributed by atoms with Crippen molar-refractivity contribution in [2.24, 2.45) is 5.92 Å². The number of halogens is 2. The molecule has 0 bridgehead atoms. The second-order valence-electron chi connectivity index (χ2n) is 5.07. The smallest absolute Gasteiger partial charge is 0.291 e. The van der Waals surface area contributed by atoms with E-state index >= 15 is 0 Å². The number of furan rings is 1. The Bertz CT molecular complexity index is 690. The maximum atomic E-state index is 12.1. The number of amides is 2. The zero-order valence-electron chi connectivity index (χ0n) is 13.3. The fourth-order valence-electron chi connectivity index (χ4n) is 1.98. The first-order valence-corrected chi connectivity index (χ1v) is 7.49. The molecule has 1 aromatic heterocycles. The molecule has 8 heteroatoms. The van der Waals surface area contributed by atoms with Crippen molar-refractivity contribution >= 4 is 47.2 Å². The number of rotatable bonds is 6. The summed E-state index contributed by atoms with van der Waals surface area (Å²) in [4.78, 5) is 24.2. The van der Waals surface area contributed by atoms with Crippen LogP contribution in [0.1, 0.15) is 17.5 Å². The van der Waals surface area contributed by atoms with Crippen LogP contribution in [0.15, 0.2) is 41.0 Å². The van der Waals surface area contributed by atoms with Gasteiger partial charge in [-0.3, -0.25) is 9.59 Å². The van der Waals surface area contributed by atoms with Crippen molar-refractivity contribution in [1.82, 2.24) is 5.32 Å². The Labute approximate surface area is 151 Å². The number of anilines is 2. The third-order valence-electron chi connectivity index (χ3n) is 3.19. The second kappa shape index (κ2) is 9.32. The van der Waals surface area contributed by atoms with Crippen LogP contribution in [-0.2, 0) is 4.79 Å². The van der Waals surface area contributed by atoms with Crippen molar-refractivity contribution in [1.29, 1.82) is 0 Å². The summed E-state index contributed by atoms with van der Waals surface area (Å²) in [7, 11) is 1.78. The van der Waals surface area contributed by atoms with E-state index in [4.69, 9.17) is 16.0 Å². The molecule has 1 unspecified atom stereocenters. The van der Waals surface area contributed by atoms with Gasteiger partial charge in [0.05, 0.1) is 17.6 Å². The number of carbonyl (C=O) groups is 2. The van der Waals surface area contributed by atoms with Gasteiger partial charge in [0.2, 0.25) is 5.91 Å². The number of nitrogens with one attached hydrogen (secondary N) is 3. The van der Waals surface area contributed by atoms with Gasteiger partial charge in [0.1, 0.15) is 0 Å². The van der Waals surface area contributed by atoms with Gasteiger partial charge in [-0.2, -0.15) is 0 Å². The minimum absolute atomic E-state index is 0. The summed E-state index contributed by atoms with van der Waals surface area (Å²) < 4.78 is 5.05. The molecule has 130 valence electrons. The lowest BCUT2D eigenvalue weighted by Crippen LogP contribution is -2.29. The Hall–Kier alpha value is -2.02. The van der Waals surface area contributed by atoms with Crippen LogP contribution in [0.5, 0.6) is 0 Å². The molecule has 0 radical (unpaired) electrons. The van der Waals surface area contributed by atoms with Crippen LogP contribution < -0.4 is 16.0 Å². The van der Waals surface area contributed by atoms with Crippen molar-refractivity contribution in [3.8, 4) is 0 Å². The van der Waals surface area contributed by atoms with Gasteiger partial charge in [-0.1, -0.05) is 18.5 Å². The average Bonchev–Trinajstić information content (AvgIpc) is 3.04. The van der Waals surface area contributed by atoms with Gasteiger partial charge >= 0.3 is 0 Å². The van der Waals surface area contributed by atoms with E-state index in [9.17, 15) is 9.59 Å². The summed E-state index contributed by atoms with van der Waals surface area (Å²) in [6.07, 6.45) is 1.41. The van der Waals surface area contributed by atoms with Gasteiger partial charge in [0.25, 0.3) is 5.91 Å². The predicted molar refractivity (Wildman–Crippen MR) is 97.1 cm³/mol. The van der Waals surface area contributed by atoms with E-state index in [1.54, 1.807) is 37.4 Å². The highest BCUT2D eigenvalue weighted by Crippen LogP contribution is 2.27. The molecule has 0 spiro atoms. The van der Waals surface area contributed by atoms with Crippen molar-refractivity contribution in [3.05, 3.63) is 47.4 Å². The maximum Gasteiger partial charge on any atom is 0.291 e. The first-order valence-electron chi connectivity index (χ1n) is 7.11. The van der Waals surface area contributed by atoms with E-state index in [0.717, 1.165) is 0 Å². The summed E-state index contributed by atoms with van der Waals surface area (Å²) in [6.45, 7) is 2.36. The summed E-state index contributed by atoms with van der Waals surface area (Å²) in [5.74, 6) is -0.624. The van der Waals surface area contributed by atoms with Crippen LogP contribution >= 0.6 is 24.0 Å². The van der Waals surface area contributed by atoms with Crippen LogP contribution in [0.25, 0.3) is 0 Å². The van der Waals surface area contributed by atoms with Crippen molar-refractivity contribution in [2.75, 3.05) is 24.2 Å². The van der Waals surface area contributed by atoms with Crippen LogP contribution in [0, 0.1) is 5.92 Å². The van der Waals surface area contributed by atoms with Crippen molar-refractivity contribution in [3.63, 3.8) is 0 Å². The molecule has 0 aliphatic rings. The van der Waals surface area contributed by atoms with Gasteiger partial charge in [-0.05, 0) is 37.4 Å². The third-order valence-corrected chi connectivity index (χ3v) is 3.43. The molecule has 2 aromatic rings. The molecule has 1 atom stereocenters. The lowest BCUT2D eigenvalue weighted by Gasteiger charge is -2.15. The Morgan fingerprint density at radius 1 is 1.21 bits per heavy atom. The molecule has 0 aliphatic heterocycles. The molecule has 0 aliphatic carbocycles. The molecule has 3 N–H and O–H groups in total. The topological polar surface area (TPSA) is 83.4 Å². The summed E-state index contributed by atoms with van der Waals surface area (Å²) >= 11 is 5.98. The van der Waals surface area contributed by atoms with E-state index in [-0.39, 0.29) is 30.0 Å². The minimum atomic E-state index is -0.420. The summed E-state index contributed by atoms with van der Waals surface area (Å²) in [5.41, 5.74) is 0.881. The quantitative estimate of drug-likeness (QED) is 0.726. The SMILES string of the molecule is CNCC(C)C(=O)Nc1ccc(Cl)cc1NC(=O)c1ccco1.Cl. The van der Waals surface area contributed by atoms with Crippen molar-refractivity contribution < 1.29 is 14.0 Å². The zero-order valence-corrected chi connectivity index (χ0v) is 14.8. The normalized spacial score (nSPS) is 11.3. The fraction of sp³-hybridized carbons (Fsp3) is 0.250. The Balaban J connectivity index is 0.00000288. The molecule has 2 rings (SSSR count). The lowest BCUT2D eigenvalue weighted by molar-refractivity contribution is -0.119. The van der Waals surface area contributed by atoms with Crippen LogP contribution in [-0.4, -0.2) is 25.4 Å². The Morgan fingerprint density at radius 2 is 1.96 bits per heavy atom. The molecular formula is C16H19Cl2N3O3. The maximum absolute atomic E-state index is 12.1. The molecule has 1 heterocycles. The second-order valence-corrected chi connectivity index (χ2v) is 5.51. The van der Waals surface area contributed by atoms with Crippen LogP contribution in [0.2, 0.25) is 5.02 Å². The number of carbonyl (C=O) groups excluding carboxylic acids is 2. The third kappa shape index (κ3) is 5.26. The standard InChI is InChI=1S/C16H18ClN3O3.ClH/c1-10(9-18-2)15(21)19-12-6-5-11(17)8-13(12)20-16(22)14-4-3-7-23-14;/h3-8,10,18H,9H2,1-2H3,(H,19,21)(H,20,22);1H. The largest absolute Gasteiger partial charge is 0.459 e. The molecule has 24 heavy (non-hydrogen) atoms. The van der Waals surface area contributed by atoms with Crippen LogP contribution in [0.4, 0.5) is 11.4 Å². The van der Waals surface area contributed by atoms with Gasteiger partial charge in [0.15, 0.2) is 5.76 Å². The van der Waals surface area contributed by atoms with E-state index < -0.39 is 5.91 Å². The number of benzene rings is 1. The van der Waals surface area contributed by atoms with E-state index in [2.05, 4.69) is 16.0 Å². The molecule has 0 fully saturated rings. The highest BCUT2D eigenvalue weighted by molar-refractivity contribution is 6.31. The molecule has 0 saturated carbocycles. The molecule has 2 amide bonds. The monoisotopic (exact) mass is 371 g/mol. The van der Waals surface area contributed by atoms with Crippen molar-refractivity contribution in [2.45, 2.75) is 6.92 Å². The van der Waals surface area contributed by atoms with Gasteiger partial charge in [-0.15, -0.1) is 12.4 Å². The molecular weight excluding hydrogens is 353 g/mol. The van der Waals surface area contributed by atoms with Crippen LogP contribution in [0.3, 0.4) is 0 Å². The Kier molecular flexibility index (Phi) is 7.78. The first kappa shape index (κ1) is 20.0. The molecule has 0 saturated heterocycles. The average molecular weight is 372 g/mol. The summed E-state index contributed by atoms with van der Waals surface area (Å²) in [6, 6.07) is 8.02. The molecule has 6 nitrogen and oxygen atoms in total. The predicted octanol–water partition coefficient (Wildman–Crippen LogP) is 3.40. The van der Waals surface area contributed by atoms with E-state index in [1.165, 1.54) is 6.26 Å². The van der Waals surface area contributed by atoms with Gasteiger partial charge in [0, 0.05) is 17.5 Å². The summed E-state index contributed by atoms with van der Waals surface area (Å²) in [5, 5.41) is 8.86. The highest BCUT2D eigenvalue weighted by Gasteiger charge is 2.16. The minimum Gasteiger partial charge on any atom is -0.459 e. The first-order chi connectivity index (χ1) is 11.0. The van der Waals surface area contributed by atoms with Gasteiger partial charge < -0.3 is 20.4 Å². The van der Waals surface area contributed by atoms with Gasteiger partial charge in [-0.25, -0.2) is 0 Å². The highest BCUT2D eigenvalue weighted by atomic mass is 35.5. The number of hydrogen-bond donors (Lipinski definition) is 3. The zero-order chi connectivity index (χ0) is 16.8. The number of hydrogen-bond acceptors (Lipinski definition) is 4.